The highest BCUT2D eigenvalue weighted by molar-refractivity contribution is 6.28. The normalized spacial score (nSPS) is 21.7. The van der Waals surface area contributed by atoms with Crippen molar-refractivity contribution in [1.29, 1.82) is 0 Å². The zero-order chi connectivity index (χ0) is 23.1. The maximum Gasteiger partial charge on any atom is 0.407 e. The highest BCUT2D eigenvalue weighted by Crippen LogP contribution is 2.25. The summed E-state index contributed by atoms with van der Waals surface area (Å²) in [7, 11) is 1.11. The molecule has 2 aliphatic rings. The van der Waals surface area contributed by atoms with E-state index in [0.29, 0.717) is 12.6 Å². The number of ether oxygens (including phenoxy) is 1. The van der Waals surface area contributed by atoms with Crippen LogP contribution in [0, 0.1) is 0 Å². The molecule has 14 nitrogen and oxygen atoms in total. The van der Waals surface area contributed by atoms with Gasteiger partial charge in [0.1, 0.15) is 18.1 Å². The molecule has 3 atom stereocenters. The largest absolute Gasteiger partial charge is 0.481 e. The van der Waals surface area contributed by atoms with Gasteiger partial charge in [0.15, 0.2) is 0 Å². The third-order valence-corrected chi connectivity index (χ3v) is 4.87. The van der Waals surface area contributed by atoms with E-state index in [4.69, 9.17) is 10.6 Å². The van der Waals surface area contributed by atoms with Crippen molar-refractivity contribution >= 4 is 41.8 Å². The predicted molar refractivity (Wildman–Crippen MR) is 99.0 cm³/mol. The van der Waals surface area contributed by atoms with Crippen molar-refractivity contribution in [3.63, 3.8) is 0 Å². The number of carbonyl (C=O) groups is 6. The number of aliphatic carboxylic acids is 1. The van der Waals surface area contributed by atoms with Crippen LogP contribution in [0.3, 0.4) is 0 Å². The Morgan fingerprint density at radius 2 is 2.03 bits per heavy atom. The Bertz CT molecular complexity index is 838. The number of nitrogens with zero attached hydrogens (tertiary/aromatic N) is 4. The summed E-state index contributed by atoms with van der Waals surface area (Å²) in [4.78, 5) is 75.6. The zero-order valence-corrected chi connectivity index (χ0v) is 16.6. The minimum atomic E-state index is -1.54. The lowest BCUT2D eigenvalue weighted by molar-refractivity contribution is -0.176. The topological polar surface area (TPSA) is 199 Å². The molecule has 0 aromatic heterocycles. The number of fused-ring (bicyclic) bond motifs is 1. The first-order valence-corrected chi connectivity index (χ1v) is 9.40. The molecule has 2 saturated heterocycles. The first-order valence-electron chi connectivity index (χ1n) is 9.40. The van der Waals surface area contributed by atoms with Gasteiger partial charge in [0.2, 0.25) is 11.8 Å². The van der Waals surface area contributed by atoms with E-state index >= 15 is 0 Å². The van der Waals surface area contributed by atoms with Gasteiger partial charge >= 0.3 is 18.3 Å². The summed E-state index contributed by atoms with van der Waals surface area (Å²) in [6.45, 7) is 0.175. The van der Waals surface area contributed by atoms with E-state index in [1.807, 2.05) is 0 Å². The molecule has 2 heterocycles. The fraction of sp³-hybridized carbons (Fsp3) is 0.588. The summed E-state index contributed by atoms with van der Waals surface area (Å²) in [6.07, 6.45) is -0.760. The van der Waals surface area contributed by atoms with E-state index in [-0.39, 0.29) is 25.8 Å². The van der Waals surface area contributed by atoms with Gasteiger partial charge in [0, 0.05) is 13.0 Å². The highest BCUT2D eigenvalue weighted by Gasteiger charge is 2.45. The van der Waals surface area contributed by atoms with Gasteiger partial charge in [-0.15, -0.1) is 0 Å². The van der Waals surface area contributed by atoms with Crippen LogP contribution < -0.4 is 10.6 Å². The maximum absolute atomic E-state index is 13.1. The molecule has 0 aromatic rings. The van der Waals surface area contributed by atoms with Crippen molar-refractivity contribution in [2.75, 3.05) is 13.7 Å². The molecule has 168 valence electrons. The molecule has 3 N–H and O–H groups in total. The molecule has 0 aromatic carbocycles. The van der Waals surface area contributed by atoms with Crippen LogP contribution in [0.25, 0.3) is 5.53 Å². The van der Waals surface area contributed by atoms with Crippen LogP contribution in [0.1, 0.15) is 32.1 Å². The molecule has 2 aliphatic heterocycles. The molecule has 4 amide bonds. The van der Waals surface area contributed by atoms with E-state index in [1.54, 1.807) is 0 Å². The van der Waals surface area contributed by atoms with Crippen LogP contribution in [0.2, 0.25) is 0 Å². The molecule has 0 radical (unpaired) electrons. The van der Waals surface area contributed by atoms with E-state index in [0.717, 1.165) is 17.1 Å². The Morgan fingerprint density at radius 3 is 2.65 bits per heavy atom. The van der Waals surface area contributed by atoms with Crippen molar-refractivity contribution in [3.8, 4) is 0 Å². The number of hydrogen-bond acceptors (Lipinski definition) is 7. The Balaban J connectivity index is 2.29. The molecule has 0 bridgehead atoms. The lowest BCUT2D eigenvalue weighted by atomic mass is 10.0. The van der Waals surface area contributed by atoms with Crippen molar-refractivity contribution in [3.05, 3.63) is 5.53 Å². The van der Waals surface area contributed by atoms with Crippen molar-refractivity contribution < 1.29 is 43.4 Å². The number of hydrazine groups is 1. The van der Waals surface area contributed by atoms with Crippen molar-refractivity contribution in [2.45, 2.75) is 50.2 Å². The van der Waals surface area contributed by atoms with Crippen LogP contribution in [-0.2, 0) is 28.7 Å². The molecule has 0 aliphatic carbocycles. The van der Waals surface area contributed by atoms with Gasteiger partial charge in [-0.2, -0.15) is 4.79 Å². The standard InChI is InChI=1S/C17H22N6O8/c1-31-17(30)21-9-4-5-13(25)22-6-2-3-11(23(22)16(9)29)15(28)20-10(7-14(26)27)12(24)8-19-18/h8-11H,2-7H2,1H3,(H,20,28)(H,21,30)(H,26,27). The lowest BCUT2D eigenvalue weighted by Crippen LogP contribution is -2.64. The van der Waals surface area contributed by atoms with E-state index < -0.39 is 60.1 Å². The summed E-state index contributed by atoms with van der Waals surface area (Å²) in [5.41, 5.74) is 8.52. The number of hydrogen-bond donors (Lipinski definition) is 3. The van der Waals surface area contributed by atoms with Gasteiger partial charge in [-0.3, -0.25) is 29.0 Å². The Morgan fingerprint density at radius 1 is 1.32 bits per heavy atom. The summed E-state index contributed by atoms with van der Waals surface area (Å²) >= 11 is 0. The second-order valence-electron chi connectivity index (χ2n) is 6.89. The summed E-state index contributed by atoms with van der Waals surface area (Å²) < 4.78 is 4.49. The predicted octanol–water partition coefficient (Wildman–Crippen LogP) is -1.93. The van der Waals surface area contributed by atoms with Gasteiger partial charge in [0.05, 0.1) is 13.5 Å². The maximum atomic E-state index is 13.1. The molecule has 2 fully saturated rings. The smallest absolute Gasteiger partial charge is 0.407 e. The molecule has 3 unspecified atom stereocenters. The molecule has 14 heteroatoms. The van der Waals surface area contributed by atoms with Gasteiger partial charge < -0.3 is 26.0 Å². The Labute approximate surface area is 176 Å². The fourth-order valence-electron chi connectivity index (χ4n) is 3.42. The molecule has 2 rings (SSSR count). The SMILES string of the molecule is COC(=O)NC1CCC(=O)N2CCCC(C(=O)NC(CC(=O)O)C(=O)C=[N+]=[N-])N2C1=O. The number of alkyl carbamates (subject to hydrolysis) is 1. The highest BCUT2D eigenvalue weighted by atomic mass is 16.5. The summed E-state index contributed by atoms with van der Waals surface area (Å²) in [5, 5.41) is 15.6. The second-order valence-corrected chi connectivity index (χ2v) is 6.89. The number of carbonyl (C=O) groups excluding carboxylic acids is 5. The van der Waals surface area contributed by atoms with Crippen LogP contribution in [0.5, 0.6) is 0 Å². The van der Waals surface area contributed by atoms with E-state index in [1.165, 1.54) is 0 Å². The number of carboxylic acids is 1. The number of amides is 4. The number of Topliss-reactive ketones (excluding diaryl/α,β-unsaturated/α-hetero) is 1. The number of carboxylic acid groups (broad SMARTS) is 1. The van der Waals surface area contributed by atoms with Crippen molar-refractivity contribution in [1.82, 2.24) is 20.7 Å². The average Bonchev–Trinajstić information content (AvgIpc) is 2.85. The van der Waals surface area contributed by atoms with Gasteiger partial charge in [-0.1, -0.05) is 0 Å². The number of methoxy groups -OCH3 is 1. The Kier molecular flexibility index (Phi) is 7.80. The molecule has 31 heavy (non-hydrogen) atoms. The minimum Gasteiger partial charge on any atom is -0.481 e. The van der Waals surface area contributed by atoms with E-state index in [2.05, 4.69) is 20.2 Å². The third kappa shape index (κ3) is 5.63. The molecule has 0 saturated carbocycles. The first kappa shape index (κ1) is 23.5. The molecular weight excluding hydrogens is 416 g/mol. The summed E-state index contributed by atoms with van der Waals surface area (Å²) in [6, 6.07) is -3.88. The lowest BCUT2D eigenvalue weighted by Gasteiger charge is -2.43. The van der Waals surface area contributed by atoms with Crippen LogP contribution in [-0.4, -0.2) is 93.5 Å². The average molecular weight is 438 g/mol. The molecular formula is C17H22N6O8. The van der Waals surface area contributed by atoms with Crippen LogP contribution in [0.15, 0.2) is 0 Å². The van der Waals surface area contributed by atoms with Gasteiger partial charge in [-0.25, -0.2) is 9.80 Å². The van der Waals surface area contributed by atoms with Gasteiger partial charge in [0.25, 0.3) is 11.7 Å². The van der Waals surface area contributed by atoms with Crippen LogP contribution in [0.4, 0.5) is 4.79 Å². The van der Waals surface area contributed by atoms with Gasteiger partial charge in [-0.05, 0) is 19.3 Å². The first-order chi connectivity index (χ1) is 14.7. The number of nitrogens with one attached hydrogen (secondary N) is 2. The quantitative estimate of drug-likeness (QED) is 0.232. The fourth-order valence-corrected chi connectivity index (χ4v) is 3.42. The second kappa shape index (κ2) is 10.3. The summed E-state index contributed by atoms with van der Waals surface area (Å²) in [5.74, 6) is -4.36. The zero-order valence-electron chi connectivity index (χ0n) is 16.6. The molecule has 0 spiro atoms. The van der Waals surface area contributed by atoms with E-state index in [9.17, 15) is 28.8 Å². The third-order valence-electron chi connectivity index (χ3n) is 4.87. The monoisotopic (exact) mass is 438 g/mol. The Hall–Kier alpha value is -3.80. The van der Waals surface area contributed by atoms with Crippen molar-refractivity contribution in [2.24, 2.45) is 0 Å². The minimum absolute atomic E-state index is 0.00119. The van der Waals surface area contributed by atoms with Crippen LogP contribution >= 0.6 is 0 Å². The number of rotatable bonds is 7. The number of ketones is 1.